The van der Waals surface area contributed by atoms with Crippen molar-refractivity contribution >= 4 is 5.82 Å². The van der Waals surface area contributed by atoms with Crippen LogP contribution in [-0.4, -0.2) is 42.8 Å². The third-order valence-electron chi connectivity index (χ3n) is 5.14. The molecule has 1 saturated heterocycles. The van der Waals surface area contributed by atoms with Gasteiger partial charge in [0.1, 0.15) is 18.2 Å². The van der Waals surface area contributed by atoms with Gasteiger partial charge in [-0.1, -0.05) is 12.1 Å². The monoisotopic (exact) mass is 354 g/mol. The highest BCUT2D eigenvalue weighted by molar-refractivity contribution is 5.49. The van der Waals surface area contributed by atoms with Crippen LogP contribution in [0.2, 0.25) is 0 Å². The molecular formula is C20H26N4O2. The molecule has 0 saturated carbocycles. The lowest BCUT2D eigenvalue weighted by atomic mass is 9.94. The van der Waals surface area contributed by atoms with Crippen LogP contribution in [0.25, 0.3) is 0 Å². The summed E-state index contributed by atoms with van der Waals surface area (Å²) in [5.74, 6) is 3.90. The average molecular weight is 354 g/mol. The summed E-state index contributed by atoms with van der Waals surface area (Å²) < 4.78 is 11.4. The Balaban J connectivity index is 1.50. The summed E-state index contributed by atoms with van der Waals surface area (Å²) in [7, 11) is 1.68. The molecule has 2 aromatic rings. The Morgan fingerprint density at radius 1 is 1.23 bits per heavy atom. The van der Waals surface area contributed by atoms with Crippen molar-refractivity contribution in [1.29, 1.82) is 0 Å². The van der Waals surface area contributed by atoms with E-state index in [2.05, 4.69) is 32.7 Å². The lowest BCUT2D eigenvalue weighted by Gasteiger charge is -2.28. The Morgan fingerprint density at radius 2 is 2.08 bits per heavy atom. The number of hydrogen-bond acceptors (Lipinski definition) is 6. The highest BCUT2D eigenvalue weighted by Gasteiger charge is 2.24. The van der Waals surface area contributed by atoms with E-state index in [9.17, 15) is 0 Å². The van der Waals surface area contributed by atoms with Gasteiger partial charge < -0.3 is 20.1 Å². The van der Waals surface area contributed by atoms with E-state index in [4.69, 9.17) is 9.47 Å². The first-order chi connectivity index (χ1) is 12.7. The van der Waals surface area contributed by atoms with Crippen LogP contribution >= 0.6 is 0 Å². The lowest BCUT2D eigenvalue weighted by molar-refractivity contribution is 0.256. The van der Waals surface area contributed by atoms with Crippen molar-refractivity contribution in [2.45, 2.75) is 38.1 Å². The Hall–Kier alpha value is -2.34. The Kier molecular flexibility index (Phi) is 4.93. The van der Waals surface area contributed by atoms with Crippen LogP contribution in [0.3, 0.4) is 0 Å². The van der Waals surface area contributed by atoms with Crippen molar-refractivity contribution in [3.05, 3.63) is 41.3 Å². The van der Waals surface area contributed by atoms with Crippen molar-refractivity contribution in [3.8, 4) is 11.5 Å². The molecular weight excluding hydrogens is 328 g/mol. The number of fused-ring (bicyclic) bond motifs is 1. The van der Waals surface area contributed by atoms with E-state index in [1.54, 1.807) is 7.11 Å². The molecule has 0 radical (unpaired) electrons. The van der Waals surface area contributed by atoms with Gasteiger partial charge in [-0.25, -0.2) is 9.97 Å². The fourth-order valence-corrected chi connectivity index (χ4v) is 3.85. The van der Waals surface area contributed by atoms with Crippen LogP contribution in [0, 0.1) is 6.92 Å². The number of benzene rings is 1. The number of methoxy groups -OCH3 is 1. The summed E-state index contributed by atoms with van der Waals surface area (Å²) in [5.41, 5.74) is 2.32. The smallest absolute Gasteiger partial charge is 0.164 e. The Labute approximate surface area is 154 Å². The van der Waals surface area contributed by atoms with Gasteiger partial charge in [-0.2, -0.15) is 0 Å². The number of para-hydroxylation sites is 1. The minimum atomic E-state index is 0.185. The van der Waals surface area contributed by atoms with Crippen molar-refractivity contribution in [1.82, 2.24) is 15.3 Å². The van der Waals surface area contributed by atoms with Gasteiger partial charge >= 0.3 is 0 Å². The van der Waals surface area contributed by atoms with Crippen LogP contribution in [0.15, 0.2) is 24.3 Å². The van der Waals surface area contributed by atoms with E-state index in [0.29, 0.717) is 12.5 Å². The number of ether oxygens (including phenoxy) is 2. The molecule has 0 spiro atoms. The SMILES string of the molecule is COc1cccc2c1OC[C@H](Nc1cc(C3CCNCC3)nc(C)n1)C2. The van der Waals surface area contributed by atoms with E-state index in [0.717, 1.165) is 66.8 Å². The second-order valence-corrected chi connectivity index (χ2v) is 7.05. The first-order valence-electron chi connectivity index (χ1n) is 9.34. The summed E-state index contributed by atoms with van der Waals surface area (Å²) in [5, 5.41) is 6.96. The molecule has 1 fully saturated rings. The molecule has 0 bridgehead atoms. The van der Waals surface area contributed by atoms with Gasteiger partial charge in [0.05, 0.1) is 13.2 Å². The Morgan fingerprint density at radius 3 is 2.88 bits per heavy atom. The van der Waals surface area contributed by atoms with Gasteiger partial charge in [0.15, 0.2) is 11.5 Å². The van der Waals surface area contributed by atoms with E-state index >= 15 is 0 Å². The van der Waals surface area contributed by atoms with Gasteiger partial charge in [-0.05, 0) is 45.3 Å². The highest BCUT2D eigenvalue weighted by atomic mass is 16.5. The van der Waals surface area contributed by atoms with Crippen molar-refractivity contribution in [3.63, 3.8) is 0 Å². The number of aromatic nitrogens is 2. The van der Waals surface area contributed by atoms with Crippen LogP contribution in [0.4, 0.5) is 5.82 Å². The van der Waals surface area contributed by atoms with Crippen molar-refractivity contribution in [2.75, 3.05) is 32.1 Å². The zero-order valence-electron chi connectivity index (χ0n) is 15.4. The molecule has 6 heteroatoms. The predicted molar refractivity (Wildman–Crippen MR) is 101 cm³/mol. The number of nitrogens with one attached hydrogen (secondary N) is 2. The summed E-state index contributed by atoms with van der Waals surface area (Å²) in [6, 6.07) is 8.34. The largest absolute Gasteiger partial charge is 0.493 e. The Bertz CT molecular complexity index is 774. The summed E-state index contributed by atoms with van der Waals surface area (Å²) >= 11 is 0. The minimum Gasteiger partial charge on any atom is -0.493 e. The van der Waals surface area contributed by atoms with Gasteiger partial charge in [0.25, 0.3) is 0 Å². The predicted octanol–water partition coefficient (Wildman–Crippen LogP) is 2.68. The third-order valence-corrected chi connectivity index (χ3v) is 5.14. The molecule has 2 N–H and O–H groups in total. The van der Waals surface area contributed by atoms with Crippen LogP contribution in [0.5, 0.6) is 11.5 Å². The summed E-state index contributed by atoms with van der Waals surface area (Å²) in [6.45, 7) is 4.68. The van der Waals surface area contributed by atoms with Crippen molar-refractivity contribution in [2.24, 2.45) is 0 Å². The molecule has 0 aliphatic carbocycles. The standard InChI is InChI=1S/C20H26N4O2/c1-13-22-17(14-6-8-21-9-7-14)11-19(23-13)24-16-10-15-4-3-5-18(25-2)20(15)26-12-16/h3-5,11,14,16,21H,6-10,12H2,1-2H3,(H,22,23,24)/t16-/m1/s1. The molecule has 4 rings (SSSR count). The molecule has 138 valence electrons. The highest BCUT2D eigenvalue weighted by Crippen LogP contribution is 2.35. The quantitative estimate of drug-likeness (QED) is 0.880. The van der Waals surface area contributed by atoms with E-state index in [1.807, 2.05) is 19.1 Å². The van der Waals surface area contributed by atoms with Crippen LogP contribution in [0.1, 0.15) is 35.8 Å². The number of nitrogens with zero attached hydrogens (tertiary/aromatic N) is 2. The van der Waals surface area contributed by atoms with Gasteiger partial charge in [0.2, 0.25) is 0 Å². The van der Waals surface area contributed by atoms with E-state index < -0.39 is 0 Å². The van der Waals surface area contributed by atoms with E-state index in [-0.39, 0.29) is 6.04 Å². The van der Waals surface area contributed by atoms with Crippen LogP contribution < -0.4 is 20.1 Å². The normalized spacial score (nSPS) is 20.2. The van der Waals surface area contributed by atoms with Crippen LogP contribution in [-0.2, 0) is 6.42 Å². The lowest BCUT2D eigenvalue weighted by Crippen LogP contribution is -2.34. The van der Waals surface area contributed by atoms with Gasteiger partial charge in [-0.15, -0.1) is 0 Å². The van der Waals surface area contributed by atoms with Gasteiger partial charge in [-0.3, -0.25) is 0 Å². The topological polar surface area (TPSA) is 68.3 Å². The molecule has 1 aromatic carbocycles. The molecule has 0 unspecified atom stereocenters. The average Bonchev–Trinajstić information content (AvgIpc) is 2.67. The number of rotatable bonds is 4. The zero-order valence-corrected chi connectivity index (χ0v) is 15.4. The van der Waals surface area contributed by atoms with Gasteiger partial charge in [0, 0.05) is 23.2 Å². The number of piperidine rings is 1. The fraction of sp³-hybridized carbons (Fsp3) is 0.500. The number of anilines is 1. The number of hydrogen-bond donors (Lipinski definition) is 2. The molecule has 3 heterocycles. The maximum Gasteiger partial charge on any atom is 0.164 e. The molecule has 1 atom stereocenters. The molecule has 2 aliphatic heterocycles. The summed E-state index contributed by atoms with van der Waals surface area (Å²) in [4.78, 5) is 9.28. The first-order valence-corrected chi connectivity index (χ1v) is 9.34. The second-order valence-electron chi connectivity index (χ2n) is 7.05. The maximum absolute atomic E-state index is 5.97. The number of aryl methyl sites for hydroxylation is 1. The molecule has 6 nitrogen and oxygen atoms in total. The molecule has 0 amide bonds. The zero-order chi connectivity index (χ0) is 17.9. The minimum absolute atomic E-state index is 0.185. The maximum atomic E-state index is 5.97. The fourth-order valence-electron chi connectivity index (χ4n) is 3.85. The third kappa shape index (κ3) is 3.60. The molecule has 2 aliphatic rings. The summed E-state index contributed by atoms with van der Waals surface area (Å²) in [6.07, 6.45) is 3.16. The molecule has 1 aromatic heterocycles. The second kappa shape index (κ2) is 7.50. The molecule has 26 heavy (non-hydrogen) atoms. The first kappa shape index (κ1) is 17.1. The van der Waals surface area contributed by atoms with E-state index in [1.165, 1.54) is 0 Å². The van der Waals surface area contributed by atoms with Crippen molar-refractivity contribution < 1.29 is 9.47 Å².